The number of methoxy groups -OCH3 is 2. The summed E-state index contributed by atoms with van der Waals surface area (Å²) in [6.45, 7) is 3.82. The number of aromatic amines is 1. The van der Waals surface area contributed by atoms with Crippen LogP contribution in [0.2, 0.25) is 0 Å². The Morgan fingerprint density at radius 2 is 1.72 bits per heavy atom. The Morgan fingerprint density at radius 3 is 2.34 bits per heavy atom. The van der Waals surface area contributed by atoms with E-state index in [-0.39, 0.29) is 24.5 Å². The number of carbonyl (C=O) groups is 2. The fourth-order valence-electron chi connectivity index (χ4n) is 3.37. The SMILES string of the molecule is CCOP(=O)(OCC)c1cc(N2C=CC=CC(C(=O)OC)=C2C(=O)OC)c2cc[nH]c2c1. The highest BCUT2D eigenvalue weighted by Gasteiger charge is 2.32. The fourth-order valence-corrected chi connectivity index (χ4v) is 4.99. The number of anilines is 1. The molecule has 1 aliphatic heterocycles. The molecule has 1 aliphatic rings. The number of carbonyl (C=O) groups excluding carboxylic acids is 2. The van der Waals surface area contributed by atoms with Crippen LogP contribution in [-0.2, 0) is 32.7 Å². The quantitative estimate of drug-likeness (QED) is 0.471. The first-order valence-electron chi connectivity index (χ1n) is 9.96. The van der Waals surface area contributed by atoms with E-state index in [2.05, 4.69) is 4.98 Å². The number of fused-ring (bicyclic) bond motifs is 1. The van der Waals surface area contributed by atoms with Crippen LogP contribution in [0.1, 0.15) is 13.8 Å². The van der Waals surface area contributed by atoms with E-state index in [0.717, 1.165) is 0 Å². The van der Waals surface area contributed by atoms with Crippen LogP contribution in [0.5, 0.6) is 0 Å². The molecule has 1 N–H and O–H groups in total. The van der Waals surface area contributed by atoms with Crippen molar-refractivity contribution in [3.63, 3.8) is 0 Å². The number of aromatic nitrogens is 1. The van der Waals surface area contributed by atoms with E-state index in [4.69, 9.17) is 18.5 Å². The molecule has 0 radical (unpaired) electrons. The van der Waals surface area contributed by atoms with Gasteiger partial charge in [-0.2, -0.15) is 0 Å². The van der Waals surface area contributed by atoms with Gasteiger partial charge in [0.05, 0.1) is 44.0 Å². The minimum atomic E-state index is -3.64. The van der Waals surface area contributed by atoms with Crippen LogP contribution in [0.25, 0.3) is 10.9 Å². The van der Waals surface area contributed by atoms with Crippen molar-refractivity contribution in [2.45, 2.75) is 13.8 Å². The third-order valence-electron chi connectivity index (χ3n) is 4.69. The van der Waals surface area contributed by atoms with Crippen LogP contribution in [-0.4, -0.2) is 44.4 Å². The number of nitrogens with zero attached hydrogens (tertiary/aromatic N) is 1. The van der Waals surface area contributed by atoms with Crippen LogP contribution in [0.3, 0.4) is 0 Å². The minimum Gasteiger partial charge on any atom is -0.465 e. The normalized spacial score (nSPS) is 14.1. The Bertz CT molecular complexity index is 1150. The van der Waals surface area contributed by atoms with Gasteiger partial charge in [-0.15, -0.1) is 0 Å². The molecular weight excluding hydrogens is 435 g/mol. The number of nitrogens with one attached hydrogen (secondary N) is 1. The Hall–Kier alpha value is -3.13. The second-order valence-electron chi connectivity index (χ2n) is 6.55. The van der Waals surface area contributed by atoms with Crippen molar-refractivity contribution < 1.29 is 32.7 Å². The van der Waals surface area contributed by atoms with E-state index in [1.54, 1.807) is 56.6 Å². The van der Waals surface area contributed by atoms with E-state index in [0.29, 0.717) is 21.9 Å². The molecule has 10 heteroatoms. The Morgan fingerprint density at radius 1 is 1.03 bits per heavy atom. The van der Waals surface area contributed by atoms with Gasteiger partial charge >= 0.3 is 19.5 Å². The molecule has 2 aromatic rings. The van der Waals surface area contributed by atoms with Crippen LogP contribution in [0, 0.1) is 0 Å². The zero-order valence-electron chi connectivity index (χ0n) is 18.3. The highest BCUT2D eigenvalue weighted by atomic mass is 31.2. The van der Waals surface area contributed by atoms with Crippen molar-refractivity contribution in [1.29, 1.82) is 0 Å². The number of H-pyrrole nitrogens is 1. The third kappa shape index (κ3) is 4.41. The molecule has 0 bridgehead atoms. The Labute approximate surface area is 185 Å². The molecule has 0 spiro atoms. The van der Waals surface area contributed by atoms with Crippen LogP contribution < -0.4 is 10.2 Å². The van der Waals surface area contributed by atoms with Gasteiger partial charge in [-0.3, -0.25) is 4.57 Å². The number of esters is 2. The summed E-state index contributed by atoms with van der Waals surface area (Å²) in [7, 11) is -1.19. The average Bonchev–Trinajstić information content (AvgIpc) is 3.16. The standard InChI is InChI=1S/C22H25N2O7P/c1-5-30-32(27,31-6-2)15-13-18-16(10-11-23-18)19(14-15)24-12-8-7-9-17(21(25)28-3)20(24)22(26)29-4/h7-14,23H,5-6H2,1-4H3. The first-order chi connectivity index (χ1) is 15.4. The van der Waals surface area contributed by atoms with Gasteiger partial charge in [-0.1, -0.05) is 6.08 Å². The maximum atomic E-state index is 13.5. The summed E-state index contributed by atoms with van der Waals surface area (Å²) in [5, 5.41) is 1.02. The predicted octanol–water partition coefficient (Wildman–Crippen LogP) is 3.55. The third-order valence-corrected chi connectivity index (χ3v) is 6.78. The Kier molecular flexibility index (Phi) is 7.35. The van der Waals surface area contributed by atoms with Crippen LogP contribution in [0.4, 0.5) is 5.69 Å². The monoisotopic (exact) mass is 460 g/mol. The lowest BCUT2D eigenvalue weighted by Crippen LogP contribution is -2.27. The Balaban J connectivity index is 2.31. The van der Waals surface area contributed by atoms with Gasteiger partial charge in [-0.25, -0.2) is 9.59 Å². The van der Waals surface area contributed by atoms with Crippen LogP contribution >= 0.6 is 7.60 Å². The maximum absolute atomic E-state index is 13.5. The summed E-state index contributed by atoms with van der Waals surface area (Å²) >= 11 is 0. The first-order valence-corrected chi connectivity index (χ1v) is 11.5. The molecule has 0 amide bonds. The van der Waals surface area contributed by atoms with Crippen molar-refractivity contribution in [3.8, 4) is 0 Å². The summed E-state index contributed by atoms with van der Waals surface area (Å²) in [4.78, 5) is 29.8. The van der Waals surface area contributed by atoms with Gasteiger partial charge in [0.2, 0.25) is 0 Å². The highest BCUT2D eigenvalue weighted by molar-refractivity contribution is 7.62. The summed E-state index contributed by atoms with van der Waals surface area (Å²) in [6.07, 6.45) is 8.06. The largest absolute Gasteiger partial charge is 0.465 e. The van der Waals surface area contributed by atoms with E-state index < -0.39 is 19.5 Å². The second kappa shape index (κ2) is 9.99. The van der Waals surface area contributed by atoms with E-state index >= 15 is 0 Å². The van der Waals surface area contributed by atoms with Gasteiger partial charge < -0.3 is 28.4 Å². The van der Waals surface area contributed by atoms with Gasteiger partial charge in [0.15, 0.2) is 0 Å². The lowest BCUT2D eigenvalue weighted by atomic mass is 10.1. The topological polar surface area (TPSA) is 107 Å². The predicted molar refractivity (Wildman–Crippen MR) is 121 cm³/mol. The molecule has 1 aromatic carbocycles. The first kappa shape index (κ1) is 23.5. The van der Waals surface area contributed by atoms with Gasteiger partial charge in [-0.05, 0) is 44.2 Å². The van der Waals surface area contributed by atoms with Crippen molar-refractivity contribution in [3.05, 3.63) is 60.1 Å². The number of ether oxygens (including phenoxy) is 2. The molecule has 1 aromatic heterocycles. The molecule has 3 rings (SSSR count). The highest BCUT2D eigenvalue weighted by Crippen LogP contribution is 2.48. The minimum absolute atomic E-state index is 0.0104. The molecule has 0 saturated carbocycles. The number of rotatable bonds is 8. The number of hydrogen-bond acceptors (Lipinski definition) is 8. The van der Waals surface area contributed by atoms with Crippen molar-refractivity contribution >= 4 is 41.4 Å². The van der Waals surface area contributed by atoms with Gasteiger partial charge in [0.1, 0.15) is 5.70 Å². The lowest BCUT2D eigenvalue weighted by Gasteiger charge is -2.25. The fraction of sp³-hybridized carbons (Fsp3) is 0.273. The molecule has 0 fully saturated rings. The summed E-state index contributed by atoms with van der Waals surface area (Å²) in [5.41, 5.74) is 1.08. The second-order valence-corrected chi connectivity index (χ2v) is 8.58. The molecule has 0 saturated heterocycles. The van der Waals surface area contributed by atoms with Crippen molar-refractivity contribution in [2.24, 2.45) is 0 Å². The summed E-state index contributed by atoms with van der Waals surface area (Å²) in [6, 6.07) is 5.11. The molecule has 0 atom stereocenters. The smallest absolute Gasteiger partial charge is 0.361 e. The number of hydrogen-bond donors (Lipinski definition) is 1. The molecule has 32 heavy (non-hydrogen) atoms. The summed E-state index contributed by atoms with van der Waals surface area (Å²) < 4.78 is 34.3. The molecule has 0 unspecified atom stereocenters. The molecule has 0 aliphatic carbocycles. The van der Waals surface area contributed by atoms with Crippen molar-refractivity contribution in [1.82, 2.24) is 4.98 Å². The van der Waals surface area contributed by atoms with E-state index in [9.17, 15) is 14.2 Å². The molecule has 170 valence electrons. The van der Waals surface area contributed by atoms with Gasteiger partial charge in [0.25, 0.3) is 0 Å². The molecular formula is C22H25N2O7P. The molecule has 2 heterocycles. The van der Waals surface area contributed by atoms with E-state index in [1.165, 1.54) is 25.2 Å². The average molecular weight is 460 g/mol. The van der Waals surface area contributed by atoms with Crippen molar-refractivity contribution in [2.75, 3.05) is 32.3 Å². The van der Waals surface area contributed by atoms with Crippen LogP contribution in [0.15, 0.2) is 60.1 Å². The van der Waals surface area contributed by atoms with E-state index in [1.807, 2.05) is 0 Å². The maximum Gasteiger partial charge on any atom is 0.361 e. The zero-order chi connectivity index (χ0) is 23.3. The van der Waals surface area contributed by atoms with Gasteiger partial charge in [0, 0.05) is 23.3 Å². The number of benzene rings is 1. The summed E-state index contributed by atoms with van der Waals surface area (Å²) in [5.74, 6) is -1.44. The molecule has 9 nitrogen and oxygen atoms in total. The zero-order valence-corrected chi connectivity index (χ0v) is 19.2. The lowest BCUT2D eigenvalue weighted by molar-refractivity contribution is -0.139. The number of allylic oxidation sites excluding steroid dienone is 2.